The number of aliphatic hydroxyl groups is 1. The van der Waals surface area contributed by atoms with Gasteiger partial charge in [-0.1, -0.05) is 12.8 Å². The van der Waals surface area contributed by atoms with Gasteiger partial charge in [0.1, 0.15) is 0 Å². The Balaban J connectivity index is 2.07. The summed E-state index contributed by atoms with van der Waals surface area (Å²) in [5.74, 6) is 1.35. The highest BCUT2D eigenvalue weighted by atomic mass is 16.3. The number of rotatable bonds is 0. The quantitative estimate of drug-likeness (QED) is 0.545. The van der Waals surface area contributed by atoms with Gasteiger partial charge in [0.2, 0.25) is 0 Å². The standard InChI is InChI=1S/C9H16O/c10-9-7-3-1-2-4-8(9)6-5-7/h7-10H,1-6H2/t7-,8+,9?. The van der Waals surface area contributed by atoms with E-state index in [9.17, 15) is 5.11 Å². The molecule has 2 saturated carbocycles. The van der Waals surface area contributed by atoms with Gasteiger partial charge in [-0.05, 0) is 37.5 Å². The Morgan fingerprint density at radius 2 is 1.30 bits per heavy atom. The van der Waals surface area contributed by atoms with Crippen LogP contribution in [0.5, 0.6) is 0 Å². The van der Waals surface area contributed by atoms with Crippen LogP contribution < -0.4 is 0 Å². The Labute approximate surface area is 62.4 Å². The average molecular weight is 140 g/mol. The van der Waals surface area contributed by atoms with Crippen molar-refractivity contribution in [2.45, 2.75) is 44.6 Å². The van der Waals surface area contributed by atoms with Crippen LogP contribution in [-0.4, -0.2) is 11.2 Å². The first kappa shape index (κ1) is 6.66. The smallest absolute Gasteiger partial charge is 0.0596 e. The molecule has 2 rings (SSSR count). The van der Waals surface area contributed by atoms with Gasteiger partial charge < -0.3 is 5.11 Å². The Bertz CT molecular complexity index is 108. The molecule has 0 spiro atoms. The molecule has 0 amide bonds. The van der Waals surface area contributed by atoms with Crippen molar-refractivity contribution in [3.05, 3.63) is 0 Å². The third-order valence-corrected chi connectivity index (χ3v) is 3.27. The van der Waals surface area contributed by atoms with Gasteiger partial charge >= 0.3 is 0 Å². The van der Waals surface area contributed by atoms with Gasteiger partial charge in [-0.25, -0.2) is 0 Å². The Hall–Kier alpha value is -0.0400. The molecule has 2 fully saturated rings. The third-order valence-electron chi connectivity index (χ3n) is 3.27. The second-order valence-electron chi connectivity index (χ2n) is 3.87. The van der Waals surface area contributed by atoms with Crippen LogP contribution in [0.15, 0.2) is 0 Å². The Morgan fingerprint density at radius 1 is 0.800 bits per heavy atom. The zero-order valence-corrected chi connectivity index (χ0v) is 6.42. The topological polar surface area (TPSA) is 20.2 Å². The first-order valence-corrected chi connectivity index (χ1v) is 4.56. The minimum absolute atomic E-state index is 0.0718. The van der Waals surface area contributed by atoms with Crippen molar-refractivity contribution >= 4 is 0 Å². The molecule has 1 unspecified atom stereocenters. The van der Waals surface area contributed by atoms with E-state index in [4.69, 9.17) is 0 Å². The van der Waals surface area contributed by atoms with Crippen LogP contribution in [0.3, 0.4) is 0 Å². The van der Waals surface area contributed by atoms with Gasteiger partial charge in [0, 0.05) is 0 Å². The van der Waals surface area contributed by atoms with Crippen molar-refractivity contribution in [3.63, 3.8) is 0 Å². The second kappa shape index (κ2) is 2.54. The molecule has 0 aliphatic heterocycles. The lowest BCUT2D eigenvalue weighted by Gasteiger charge is -2.14. The maximum absolute atomic E-state index is 9.69. The van der Waals surface area contributed by atoms with Gasteiger partial charge in [-0.15, -0.1) is 0 Å². The summed E-state index contributed by atoms with van der Waals surface area (Å²) in [5.41, 5.74) is 0. The van der Waals surface area contributed by atoms with E-state index in [2.05, 4.69) is 0 Å². The molecule has 0 heterocycles. The molecular formula is C9H16O. The van der Waals surface area contributed by atoms with Crippen molar-refractivity contribution in [3.8, 4) is 0 Å². The van der Waals surface area contributed by atoms with Crippen LogP contribution in [0.25, 0.3) is 0 Å². The Morgan fingerprint density at radius 3 is 1.80 bits per heavy atom. The van der Waals surface area contributed by atoms with Gasteiger partial charge in [-0.3, -0.25) is 0 Å². The molecule has 0 aromatic carbocycles. The van der Waals surface area contributed by atoms with Crippen molar-refractivity contribution < 1.29 is 5.11 Å². The molecule has 1 nitrogen and oxygen atoms in total. The van der Waals surface area contributed by atoms with Gasteiger partial charge in [-0.2, -0.15) is 0 Å². The average Bonchev–Trinajstić information content (AvgIpc) is 2.06. The highest BCUT2D eigenvalue weighted by Gasteiger charge is 2.35. The van der Waals surface area contributed by atoms with E-state index >= 15 is 0 Å². The fourth-order valence-electron chi connectivity index (χ4n) is 2.60. The maximum atomic E-state index is 9.69. The number of hydrogen-bond donors (Lipinski definition) is 1. The van der Waals surface area contributed by atoms with E-state index in [1.54, 1.807) is 0 Å². The predicted molar refractivity (Wildman–Crippen MR) is 40.7 cm³/mol. The molecule has 1 heteroatoms. The van der Waals surface area contributed by atoms with Crippen LogP contribution in [0.4, 0.5) is 0 Å². The zero-order chi connectivity index (χ0) is 6.97. The minimum Gasteiger partial charge on any atom is -0.393 e. The zero-order valence-electron chi connectivity index (χ0n) is 6.42. The molecule has 10 heavy (non-hydrogen) atoms. The minimum atomic E-state index is 0.0718. The number of fused-ring (bicyclic) bond motifs is 2. The van der Waals surface area contributed by atoms with E-state index in [1.165, 1.54) is 38.5 Å². The lowest BCUT2D eigenvalue weighted by molar-refractivity contribution is 0.0936. The normalized spacial score (nSPS) is 47.1. The van der Waals surface area contributed by atoms with E-state index in [0.717, 1.165) is 0 Å². The van der Waals surface area contributed by atoms with E-state index in [1.807, 2.05) is 0 Å². The van der Waals surface area contributed by atoms with Gasteiger partial charge in [0.25, 0.3) is 0 Å². The molecule has 2 aliphatic rings. The highest BCUT2D eigenvalue weighted by Crippen LogP contribution is 2.40. The summed E-state index contributed by atoms with van der Waals surface area (Å²) in [4.78, 5) is 0. The monoisotopic (exact) mass is 140 g/mol. The van der Waals surface area contributed by atoms with Crippen molar-refractivity contribution in [2.24, 2.45) is 11.8 Å². The first-order chi connectivity index (χ1) is 4.88. The molecule has 2 bridgehead atoms. The summed E-state index contributed by atoms with van der Waals surface area (Å²) in [7, 11) is 0. The summed E-state index contributed by atoms with van der Waals surface area (Å²) in [6, 6.07) is 0. The number of hydrogen-bond acceptors (Lipinski definition) is 1. The SMILES string of the molecule is OC1[C@@H]2CCCC[C@H]1CC2. The first-order valence-electron chi connectivity index (χ1n) is 4.56. The van der Waals surface area contributed by atoms with E-state index in [-0.39, 0.29) is 6.10 Å². The van der Waals surface area contributed by atoms with Gasteiger partial charge in [0.05, 0.1) is 6.10 Å². The summed E-state index contributed by atoms with van der Waals surface area (Å²) < 4.78 is 0. The van der Waals surface area contributed by atoms with Crippen LogP contribution in [-0.2, 0) is 0 Å². The van der Waals surface area contributed by atoms with E-state index in [0.29, 0.717) is 11.8 Å². The van der Waals surface area contributed by atoms with Crippen LogP contribution in [0.1, 0.15) is 38.5 Å². The summed E-state index contributed by atoms with van der Waals surface area (Å²) in [6.07, 6.45) is 7.96. The highest BCUT2D eigenvalue weighted by molar-refractivity contribution is 4.86. The van der Waals surface area contributed by atoms with Crippen molar-refractivity contribution in [1.29, 1.82) is 0 Å². The Kier molecular flexibility index (Phi) is 1.69. The molecule has 0 saturated heterocycles. The summed E-state index contributed by atoms with van der Waals surface area (Å²) >= 11 is 0. The molecule has 58 valence electrons. The second-order valence-corrected chi connectivity index (χ2v) is 3.87. The lowest BCUT2D eigenvalue weighted by atomic mass is 10.0. The molecule has 3 atom stereocenters. The van der Waals surface area contributed by atoms with Crippen molar-refractivity contribution in [1.82, 2.24) is 0 Å². The fraction of sp³-hybridized carbons (Fsp3) is 1.00. The molecule has 1 N–H and O–H groups in total. The van der Waals surface area contributed by atoms with Crippen molar-refractivity contribution in [2.75, 3.05) is 0 Å². The fourth-order valence-corrected chi connectivity index (χ4v) is 2.60. The maximum Gasteiger partial charge on any atom is 0.0596 e. The predicted octanol–water partition coefficient (Wildman–Crippen LogP) is 1.95. The lowest BCUT2D eigenvalue weighted by Crippen LogP contribution is -2.18. The molecule has 0 radical (unpaired) electrons. The molecule has 0 aromatic rings. The van der Waals surface area contributed by atoms with Crippen LogP contribution in [0, 0.1) is 11.8 Å². The van der Waals surface area contributed by atoms with E-state index < -0.39 is 0 Å². The number of aliphatic hydroxyl groups excluding tert-OH is 1. The van der Waals surface area contributed by atoms with Gasteiger partial charge in [0.15, 0.2) is 0 Å². The summed E-state index contributed by atoms with van der Waals surface area (Å²) in [5, 5.41) is 9.69. The third kappa shape index (κ3) is 0.968. The van der Waals surface area contributed by atoms with Crippen LogP contribution >= 0.6 is 0 Å². The van der Waals surface area contributed by atoms with Crippen LogP contribution in [0.2, 0.25) is 0 Å². The molecular weight excluding hydrogens is 124 g/mol. The largest absolute Gasteiger partial charge is 0.393 e. The molecule has 0 aromatic heterocycles. The summed E-state index contributed by atoms with van der Waals surface area (Å²) in [6.45, 7) is 0. The molecule has 2 aliphatic carbocycles.